The van der Waals surface area contributed by atoms with Crippen LogP contribution in [0.25, 0.3) is 0 Å². The largest absolute Gasteiger partial charge is 0.354 e. The lowest BCUT2D eigenvalue weighted by Gasteiger charge is -2.27. The summed E-state index contributed by atoms with van der Waals surface area (Å²) in [6.45, 7) is 2.80. The van der Waals surface area contributed by atoms with Gasteiger partial charge in [-0.2, -0.15) is 0 Å². The van der Waals surface area contributed by atoms with Crippen LogP contribution in [0.2, 0.25) is 5.02 Å². The number of nitrogens with one attached hydrogen (secondary N) is 1. The third kappa shape index (κ3) is 4.75. The van der Waals surface area contributed by atoms with Gasteiger partial charge in [0.25, 0.3) is 10.0 Å². The third-order valence-electron chi connectivity index (χ3n) is 5.16. The fourth-order valence-corrected chi connectivity index (χ4v) is 5.46. The second-order valence-electron chi connectivity index (χ2n) is 7.23. The second-order valence-corrected chi connectivity index (χ2v) is 10.0. The van der Waals surface area contributed by atoms with Crippen LogP contribution in [0.1, 0.15) is 12.0 Å². The van der Waals surface area contributed by atoms with Crippen molar-refractivity contribution in [2.45, 2.75) is 23.9 Å². The maximum Gasteiger partial charge on any atom is 0.264 e. The van der Waals surface area contributed by atoms with Gasteiger partial charge in [-0.05, 0) is 18.1 Å². The maximum atomic E-state index is 12.5. The number of likely N-dealkylation sites (tertiary alicyclic amines) is 1. The van der Waals surface area contributed by atoms with Crippen molar-refractivity contribution in [3.8, 4) is 0 Å². The fourth-order valence-electron chi connectivity index (χ4n) is 3.57. The Morgan fingerprint density at radius 2 is 2.10 bits per heavy atom. The van der Waals surface area contributed by atoms with Crippen molar-refractivity contribution in [3.63, 3.8) is 0 Å². The van der Waals surface area contributed by atoms with Gasteiger partial charge in [0.05, 0.1) is 10.5 Å². The van der Waals surface area contributed by atoms with Crippen molar-refractivity contribution in [1.82, 2.24) is 14.9 Å². The maximum absolute atomic E-state index is 12.5. The molecule has 0 bridgehead atoms. The Balaban J connectivity index is 1.44. The molecule has 1 unspecified atom stereocenters. The van der Waals surface area contributed by atoms with Crippen LogP contribution < -0.4 is 9.62 Å². The lowest BCUT2D eigenvalue weighted by atomic mass is 10.2. The van der Waals surface area contributed by atoms with E-state index in [0.717, 1.165) is 26.1 Å². The lowest BCUT2D eigenvalue weighted by molar-refractivity contribution is 0.326. The number of anilines is 2. The highest BCUT2D eigenvalue weighted by atomic mass is 35.5. The van der Waals surface area contributed by atoms with Gasteiger partial charge < -0.3 is 4.90 Å². The van der Waals surface area contributed by atoms with Crippen LogP contribution >= 0.6 is 22.9 Å². The van der Waals surface area contributed by atoms with Gasteiger partial charge in [0, 0.05) is 44.3 Å². The monoisotopic (exact) mass is 463 g/mol. The summed E-state index contributed by atoms with van der Waals surface area (Å²) in [5.41, 5.74) is 2.85. The van der Waals surface area contributed by atoms with Gasteiger partial charge in [0.1, 0.15) is 10.7 Å². The third-order valence-corrected chi connectivity index (χ3v) is 7.34. The number of benzene rings is 1. The minimum absolute atomic E-state index is 0.00905. The number of rotatable bonds is 7. The molecule has 0 aliphatic carbocycles. The number of halogens is 1. The Bertz CT molecular complexity index is 1090. The highest BCUT2D eigenvalue weighted by molar-refractivity contribution is 7.92. The van der Waals surface area contributed by atoms with Gasteiger partial charge in [-0.15, -0.1) is 11.3 Å². The number of sulfonamides is 1. The Hall–Kier alpha value is -2.20. The summed E-state index contributed by atoms with van der Waals surface area (Å²) in [5.74, 6) is 0.859. The Morgan fingerprint density at radius 3 is 2.80 bits per heavy atom. The van der Waals surface area contributed by atoms with E-state index in [4.69, 9.17) is 11.6 Å². The van der Waals surface area contributed by atoms with Crippen LogP contribution in [-0.2, 0) is 16.6 Å². The quantitative estimate of drug-likeness (QED) is 0.575. The molecule has 1 fully saturated rings. The SMILES string of the molecule is CN(c1ncc(S(=O)(=O)Nc2cscn2)cc1Cl)C1CCN(Cc2ccccc2)C1. The van der Waals surface area contributed by atoms with Crippen LogP contribution in [0.4, 0.5) is 11.6 Å². The van der Waals surface area contributed by atoms with Gasteiger partial charge in [0.2, 0.25) is 0 Å². The van der Waals surface area contributed by atoms with Crippen molar-refractivity contribution in [2.75, 3.05) is 29.8 Å². The zero-order valence-corrected chi connectivity index (χ0v) is 18.8. The van der Waals surface area contributed by atoms with Crippen LogP contribution in [0.5, 0.6) is 0 Å². The molecule has 0 radical (unpaired) electrons. The number of aromatic nitrogens is 2. The van der Waals surface area contributed by atoms with Crippen LogP contribution in [-0.4, -0.2) is 49.5 Å². The fraction of sp³-hybridized carbons (Fsp3) is 0.300. The van der Waals surface area contributed by atoms with E-state index in [1.165, 1.54) is 29.2 Å². The van der Waals surface area contributed by atoms with E-state index in [0.29, 0.717) is 10.8 Å². The summed E-state index contributed by atoms with van der Waals surface area (Å²) in [4.78, 5) is 12.8. The average molecular weight is 464 g/mol. The van der Waals surface area contributed by atoms with Crippen LogP contribution in [0.3, 0.4) is 0 Å². The van der Waals surface area contributed by atoms with Crippen molar-refractivity contribution in [2.24, 2.45) is 0 Å². The van der Waals surface area contributed by atoms with Crippen LogP contribution in [0, 0.1) is 0 Å². The van der Waals surface area contributed by atoms with E-state index < -0.39 is 10.0 Å². The molecular formula is C20H22ClN5O2S2. The first kappa shape index (κ1) is 21.0. The van der Waals surface area contributed by atoms with E-state index in [2.05, 4.69) is 43.9 Å². The summed E-state index contributed by atoms with van der Waals surface area (Å²) in [7, 11) is -1.84. The van der Waals surface area contributed by atoms with Gasteiger partial charge >= 0.3 is 0 Å². The molecule has 3 aromatic rings. The predicted octanol–water partition coefficient (Wildman–Crippen LogP) is 3.70. The van der Waals surface area contributed by atoms with Crippen molar-refractivity contribution in [1.29, 1.82) is 0 Å². The molecule has 10 heteroatoms. The Labute approximate surface area is 185 Å². The predicted molar refractivity (Wildman–Crippen MR) is 121 cm³/mol. The molecule has 1 atom stereocenters. The molecule has 0 amide bonds. The Kier molecular flexibility index (Phi) is 6.24. The standard InChI is InChI=1S/C20H22ClN5O2S2/c1-25(16-7-8-26(12-16)11-15-5-3-2-4-6-15)20-18(21)9-17(10-22-20)30(27,28)24-19-13-29-14-23-19/h2-6,9-10,13-14,16,24H,7-8,11-12H2,1H3. The van der Waals surface area contributed by atoms with Crippen molar-refractivity contribution < 1.29 is 8.42 Å². The summed E-state index contributed by atoms with van der Waals surface area (Å²) >= 11 is 7.74. The molecule has 1 saturated heterocycles. The van der Waals surface area contributed by atoms with Crippen molar-refractivity contribution >= 4 is 44.6 Å². The molecule has 0 saturated carbocycles. The topological polar surface area (TPSA) is 78.4 Å². The molecule has 1 aliphatic heterocycles. The Morgan fingerprint density at radius 1 is 1.30 bits per heavy atom. The summed E-state index contributed by atoms with van der Waals surface area (Å²) in [6, 6.07) is 12.1. The summed E-state index contributed by atoms with van der Waals surface area (Å²) < 4.78 is 27.5. The second kappa shape index (κ2) is 8.89. The lowest BCUT2D eigenvalue weighted by Crippen LogP contribution is -2.35. The zero-order chi connectivity index (χ0) is 21.1. The molecule has 30 heavy (non-hydrogen) atoms. The molecule has 1 aromatic carbocycles. The molecule has 158 valence electrons. The summed E-state index contributed by atoms with van der Waals surface area (Å²) in [6.07, 6.45) is 2.33. The van der Waals surface area contributed by atoms with E-state index in [1.54, 1.807) is 10.9 Å². The molecule has 1 N–H and O–H groups in total. The minimum Gasteiger partial charge on any atom is -0.354 e. The first-order valence-electron chi connectivity index (χ1n) is 9.48. The molecular weight excluding hydrogens is 442 g/mol. The number of likely N-dealkylation sites (N-methyl/N-ethyl adjacent to an activating group) is 1. The number of pyridine rings is 1. The van der Waals surface area contributed by atoms with E-state index in [-0.39, 0.29) is 16.8 Å². The van der Waals surface area contributed by atoms with E-state index >= 15 is 0 Å². The van der Waals surface area contributed by atoms with Gasteiger partial charge in [-0.1, -0.05) is 41.9 Å². The molecule has 7 nitrogen and oxygen atoms in total. The van der Waals surface area contributed by atoms with Gasteiger partial charge in [-0.25, -0.2) is 18.4 Å². The van der Waals surface area contributed by atoms with E-state index in [9.17, 15) is 8.42 Å². The zero-order valence-electron chi connectivity index (χ0n) is 16.4. The van der Waals surface area contributed by atoms with Crippen LogP contribution in [0.15, 0.2) is 58.4 Å². The highest BCUT2D eigenvalue weighted by Gasteiger charge is 2.28. The first-order chi connectivity index (χ1) is 14.4. The average Bonchev–Trinajstić information content (AvgIpc) is 3.40. The highest BCUT2D eigenvalue weighted by Crippen LogP contribution is 2.29. The smallest absolute Gasteiger partial charge is 0.264 e. The van der Waals surface area contributed by atoms with Gasteiger partial charge in [-0.3, -0.25) is 9.62 Å². The van der Waals surface area contributed by atoms with Crippen molar-refractivity contribution in [3.05, 3.63) is 64.1 Å². The van der Waals surface area contributed by atoms with E-state index in [1.807, 2.05) is 18.0 Å². The molecule has 1 aliphatic rings. The summed E-state index contributed by atoms with van der Waals surface area (Å²) in [5, 5.41) is 1.93. The molecule has 4 rings (SSSR count). The molecule has 3 heterocycles. The minimum atomic E-state index is -3.79. The number of nitrogens with zero attached hydrogens (tertiary/aromatic N) is 4. The number of hydrogen-bond acceptors (Lipinski definition) is 7. The number of thiazole rings is 1. The first-order valence-corrected chi connectivity index (χ1v) is 12.3. The number of hydrogen-bond donors (Lipinski definition) is 1. The molecule has 0 spiro atoms. The van der Waals surface area contributed by atoms with Gasteiger partial charge in [0.15, 0.2) is 5.82 Å². The molecule has 2 aromatic heterocycles. The normalized spacial score (nSPS) is 17.2.